The van der Waals surface area contributed by atoms with Crippen LogP contribution in [0.15, 0.2) is 24.5 Å². The molecule has 1 heterocycles. The van der Waals surface area contributed by atoms with Crippen molar-refractivity contribution in [1.29, 1.82) is 0 Å². The Kier molecular flexibility index (Phi) is 8.44. The molecule has 12 heteroatoms. The Hall–Kier alpha value is 0.370. The SMILES string of the molecule is O.O=P(O)(O)C(O)(Cc1cccnc1)P(=O)(O)O.[Na+]. The van der Waals surface area contributed by atoms with Gasteiger partial charge in [-0.1, -0.05) is 6.07 Å². The van der Waals surface area contributed by atoms with Crippen molar-refractivity contribution in [3.8, 4) is 0 Å². The first-order chi connectivity index (χ1) is 7.58. The third-order valence-electron chi connectivity index (χ3n) is 2.10. The molecule has 0 saturated heterocycles. The van der Waals surface area contributed by atoms with Crippen molar-refractivity contribution in [2.45, 2.75) is 11.5 Å². The second-order valence-corrected chi connectivity index (χ2v) is 7.41. The molecule has 1 aromatic heterocycles. The summed E-state index contributed by atoms with van der Waals surface area (Å²) >= 11 is 0. The van der Waals surface area contributed by atoms with Gasteiger partial charge in [0.1, 0.15) is 0 Å². The maximum atomic E-state index is 11.0. The molecular formula is C7H13NNaO8P2+. The average Bonchev–Trinajstić information content (AvgIpc) is 2.15. The summed E-state index contributed by atoms with van der Waals surface area (Å²) in [6, 6.07) is 2.75. The molecule has 0 spiro atoms. The van der Waals surface area contributed by atoms with Gasteiger partial charge < -0.3 is 30.2 Å². The van der Waals surface area contributed by atoms with Crippen LogP contribution in [-0.4, -0.2) is 40.2 Å². The quantitative estimate of drug-likeness (QED) is 0.273. The van der Waals surface area contributed by atoms with Crippen LogP contribution in [0.25, 0.3) is 0 Å². The minimum absolute atomic E-state index is 0. The molecule has 0 bridgehead atoms. The number of hydrogen-bond acceptors (Lipinski definition) is 4. The van der Waals surface area contributed by atoms with Crippen molar-refractivity contribution < 1.29 is 68.8 Å². The molecular weight excluding hydrogens is 311 g/mol. The van der Waals surface area contributed by atoms with Crippen LogP contribution in [0, 0.1) is 0 Å². The maximum Gasteiger partial charge on any atom is 1.00 e. The Morgan fingerprint density at radius 1 is 1.16 bits per heavy atom. The van der Waals surface area contributed by atoms with E-state index < -0.39 is 26.7 Å². The zero-order valence-electron chi connectivity index (χ0n) is 9.91. The Morgan fingerprint density at radius 3 is 1.95 bits per heavy atom. The molecule has 1 rings (SSSR count). The summed E-state index contributed by atoms with van der Waals surface area (Å²) in [5.74, 6) is 0. The molecule has 0 unspecified atom stereocenters. The average molecular weight is 324 g/mol. The predicted molar refractivity (Wildman–Crippen MR) is 60.6 cm³/mol. The molecule has 0 saturated carbocycles. The standard InChI is InChI=1S/C7H11NO7P2.Na.H2O/c9-7(16(10,11)12,17(13,14)15)4-6-2-1-3-8-5-6;;/h1-3,5,9H,4H2,(H2,10,11,12)(H2,13,14,15);;1H2/q;+1;. The molecule has 0 aliphatic heterocycles. The van der Waals surface area contributed by atoms with E-state index in [1.54, 1.807) is 0 Å². The van der Waals surface area contributed by atoms with Gasteiger partial charge in [0.05, 0.1) is 0 Å². The van der Waals surface area contributed by atoms with Crippen LogP contribution in [-0.2, 0) is 15.6 Å². The van der Waals surface area contributed by atoms with Gasteiger partial charge in [0.15, 0.2) is 0 Å². The molecule has 19 heavy (non-hydrogen) atoms. The number of hydrogen-bond donors (Lipinski definition) is 5. The molecule has 1 aromatic rings. The fourth-order valence-corrected chi connectivity index (χ4v) is 3.29. The molecule has 0 atom stereocenters. The third-order valence-corrected chi connectivity index (χ3v) is 5.84. The first-order valence-electron chi connectivity index (χ1n) is 4.30. The van der Waals surface area contributed by atoms with E-state index >= 15 is 0 Å². The summed E-state index contributed by atoms with van der Waals surface area (Å²) in [4.78, 5) is 39.1. The summed E-state index contributed by atoms with van der Waals surface area (Å²) in [7, 11) is -10.8. The van der Waals surface area contributed by atoms with Crippen molar-refractivity contribution in [3.63, 3.8) is 0 Å². The van der Waals surface area contributed by atoms with Crippen LogP contribution in [0.5, 0.6) is 0 Å². The summed E-state index contributed by atoms with van der Waals surface area (Å²) in [5, 5.41) is 6.16. The van der Waals surface area contributed by atoms with E-state index in [9.17, 15) is 14.2 Å². The van der Waals surface area contributed by atoms with Gasteiger partial charge in [-0.05, 0) is 11.6 Å². The molecule has 0 aromatic carbocycles. The first kappa shape index (κ1) is 21.7. The fraction of sp³-hybridized carbons (Fsp3) is 0.286. The maximum absolute atomic E-state index is 11.0. The largest absolute Gasteiger partial charge is 1.00 e. The molecule has 0 amide bonds. The van der Waals surface area contributed by atoms with Gasteiger partial charge in [0, 0.05) is 18.8 Å². The van der Waals surface area contributed by atoms with E-state index in [2.05, 4.69) is 4.98 Å². The monoisotopic (exact) mass is 324 g/mol. The van der Waals surface area contributed by atoms with Crippen LogP contribution < -0.4 is 29.6 Å². The molecule has 0 radical (unpaired) electrons. The molecule has 0 aliphatic rings. The van der Waals surface area contributed by atoms with E-state index in [0.29, 0.717) is 0 Å². The Bertz CT molecular complexity index is 463. The first-order valence-corrected chi connectivity index (χ1v) is 7.53. The van der Waals surface area contributed by atoms with Gasteiger partial charge in [0.25, 0.3) is 5.08 Å². The summed E-state index contributed by atoms with van der Waals surface area (Å²) < 4.78 is 22.1. The molecule has 0 fully saturated rings. The predicted octanol–water partition coefficient (Wildman–Crippen LogP) is -4.20. The van der Waals surface area contributed by atoms with Gasteiger partial charge in [-0.15, -0.1) is 0 Å². The van der Waals surface area contributed by atoms with Crippen molar-refractivity contribution >= 4 is 15.2 Å². The van der Waals surface area contributed by atoms with Crippen LogP contribution in [0.1, 0.15) is 5.56 Å². The van der Waals surface area contributed by atoms with Crippen LogP contribution >= 0.6 is 15.2 Å². The fourth-order valence-electron chi connectivity index (χ4n) is 1.15. The van der Waals surface area contributed by atoms with Gasteiger partial charge in [-0.25, -0.2) is 0 Å². The zero-order chi connectivity index (χ0) is 13.3. The number of aliphatic hydroxyl groups is 1. The summed E-state index contributed by atoms with van der Waals surface area (Å²) in [6.07, 6.45) is 1.63. The van der Waals surface area contributed by atoms with Crippen LogP contribution in [0.3, 0.4) is 0 Å². The number of pyridine rings is 1. The second-order valence-electron chi connectivity index (χ2n) is 3.40. The second kappa shape index (κ2) is 7.40. The van der Waals surface area contributed by atoms with E-state index in [-0.39, 0.29) is 40.6 Å². The van der Waals surface area contributed by atoms with Crippen LogP contribution in [0.4, 0.5) is 0 Å². The van der Waals surface area contributed by atoms with Crippen molar-refractivity contribution in [2.75, 3.05) is 0 Å². The summed E-state index contributed by atoms with van der Waals surface area (Å²) in [5.41, 5.74) is 0.0988. The van der Waals surface area contributed by atoms with Crippen molar-refractivity contribution in [1.82, 2.24) is 4.98 Å². The number of nitrogens with zero attached hydrogens (tertiary/aromatic N) is 1. The minimum Gasteiger partial charge on any atom is -0.412 e. The van der Waals surface area contributed by atoms with Crippen molar-refractivity contribution in [3.05, 3.63) is 30.1 Å². The third kappa shape index (κ3) is 5.00. The van der Waals surface area contributed by atoms with Gasteiger partial charge >= 0.3 is 44.7 Å². The van der Waals surface area contributed by atoms with E-state index in [1.165, 1.54) is 18.3 Å². The Morgan fingerprint density at radius 2 is 1.63 bits per heavy atom. The van der Waals surface area contributed by atoms with E-state index in [0.717, 1.165) is 6.20 Å². The topological polar surface area (TPSA) is 180 Å². The molecule has 104 valence electrons. The van der Waals surface area contributed by atoms with E-state index in [1.807, 2.05) is 0 Å². The number of rotatable bonds is 4. The summed E-state index contributed by atoms with van der Waals surface area (Å²) in [6.45, 7) is 0. The van der Waals surface area contributed by atoms with E-state index in [4.69, 9.17) is 19.6 Å². The van der Waals surface area contributed by atoms with Crippen molar-refractivity contribution in [2.24, 2.45) is 0 Å². The normalized spacial score (nSPS) is 12.3. The Labute approximate surface area is 130 Å². The molecule has 9 nitrogen and oxygen atoms in total. The van der Waals surface area contributed by atoms with Crippen LogP contribution in [0.2, 0.25) is 0 Å². The Balaban J connectivity index is 0. The number of aromatic nitrogens is 1. The molecule has 0 aliphatic carbocycles. The zero-order valence-corrected chi connectivity index (χ0v) is 13.7. The minimum atomic E-state index is -5.41. The smallest absolute Gasteiger partial charge is 0.412 e. The van der Waals surface area contributed by atoms with Gasteiger partial charge in [0.2, 0.25) is 0 Å². The van der Waals surface area contributed by atoms with Gasteiger partial charge in [-0.3, -0.25) is 14.1 Å². The van der Waals surface area contributed by atoms with Gasteiger partial charge in [-0.2, -0.15) is 0 Å². The molecule has 7 N–H and O–H groups in total.